The maximum atomic E-state index is 13.1. The van der Waals surface area contributed by atoms with Crippen LogP contribution in [0.1, 0.15) is 44.6 Å². The van der Waals surface area contributed by atoms with E-state index in [9.17, 15) is 26.4 Å². The van der Waals surface area contributed by atoms with Crippen molar-refractivity contribution < 1.29 is 31.1 Å². The number of aromatic nitrogens is 1. The fourth-order valence-corrected chi connectivity index (χ4v) is 3.58. The number of hydrogen-bond donors (Lipinski definition) is 2. The normalized spacial score (nSPS) is 13.2. The van der Waals surface area contributed by atoms with Crippen LogP contribution in [-0.4, -0.2) is 43.9 Å². The molecule has 0 aliphatic heterocycles. The lowest BCUT2D eigenvalue weighted by Gasteiger charge is -2.31. The monoisotopic (exact) mass is 487 g/mol. The molecular formula is C22H28F3N3O4S. The number of carbonyl (C=O) groups excluding carboxylic acids is 1. The summed E-state index contributed by atoms with van der Waals surface area (Å²) in [5, 5.41) is 2.10. The molecule has 2 aromatic rings. The third-order valence-electron chi connectivity index (χ3n) is 4.72. The second-order valence-electron chi connectivity index (χ2n) is 7.77. The molecule has 0 bridgehead atoms. The fraction of sp³-hybridized carbons (Fsp3) is 0.455. The summed E-state index contributed by atoms with van der Waals surface area (Å²) in [6, 6.07) is 10.5. The van der Waals surface area contributed by atoms with Gasteiger partial charge in [0.15, 0.2) is 0 Å². The Morgan fingerprint density at radius 3 is 2.27 bits per heavy atom. The van der Waals surface area contributed by atoms with Gasteiger partial charge in [0.25, 0.3) is 5.91 Å². The van der Waals surface area contributed by atoms with E-state index in [-0.39, 0.29) is 18.7 Å². The van der Waals surface area contributed by atoms with Gasteiger partial charge in [0, 0.05) is 18.2 Å². The Labute approximate surface area is 191 Å². The Kier molecular flexibility index (Phi) is 9.38. The topological polar surface area (TPSA) is 97.4 Å². The fourth-order valence-electron chi connectivity index (χ4n) is 3.01. The summed E-state index contributed by atoms with van der Waals surface area (Å²) in [6.07, 6.45) is -2.34. The maximum Gasteiger partial charge on any atom is 0.315 e. The number of halogens is 3. The van der Waals surface area contributed by atoms with Crippen molar-refractivity contribution in [2.24, 2.45) is 0 Å². The minimum Gasteiger partial charge on any atom is -0.348 e. The first kappa shape index (κ1) is 26.7. The largest absolute Gasteiger partial charge is 0.348 e. The standard InChI is InChI=1S/C22H28F3N3O4S/c1-4-33(30,31)27-14-18-10-9-17(13-26-18)15-5-7-16(8-6-15)19(11-12-23)32-22(2,3)28-21(29)20(24)25/h5-10,13,19-20,27H,4,11-12,14H2,1-3H3,(H,28,29). The van der Waals surface area contributed by atoms with Crippen LogP contribution in [0.25, 0.3) is 11.1 Å². The zero-order valence-corrected chi connectivity index (χ0v) is 19.5. The van der Waals surface area contributed by atoms with Crippen molar-refractivity contribution in [1.29, 1.82) is 0 Å². The first-order chi connectivity index (χ1) is 15.5. The second-order valence-corrected chi connectivity index (χ2v) is 9.86. The van der Waals surface area contributed by atoms with Crippen LogP contribution in [0.2, 0.25) is 0 Å². The highest BCUT2D eigenvalue weighted by Gasteiger charge is 2.29. The van der Waals surface area contributed by atoms with Crippen molar-refractivity contribution in [3.8, 4) is 11.1 Å². The maximum absolute atomic E-state index is 13.1. The second kappa shape index (κ2) is 11.6. The van der Waals surface area contributed by atoms with Gasteiger partial charge in [0.1, 0.15) is 5.72 Å². The van der Waals surface area contributed by atoms with Crippen molar-refractivity contribution in [1.82, 2.24) is 15.0 Å². The molecule has 7 nitrogen and oxygen atoms in total. The predicted octanol–water partition coefficient (Wildman–Crippen LogP) is 3.72. The highest BCUT2D eigenvalue weighted by atomic mass is 32.2. The Balaban J connectivity index is 2.10. The number of nitrogens with zero attached hydrogens (tertiary/aromatic N) is 1. The van der Waals surface area contributed by atoms with E-state index in [1.807, 2.05) is 0 Å². The molecule has 0 aliphatic carbocycles. The Morgan fingerprint density at radius 1 is 1.12 bits per heavy atom. The molecule has 0 fully saturated rings. The number of benzene rings is 1. The third kappa shape index (κ3) is 8.41. The molecule has 2 rings (SSSR count). The van der Waals surface area contributed by atoms with Crippen molar-refractivity contribution in [2.75, 3.05) is 12.4 Å². The number of amides is 1. The number of carbonyl (C=O) groups is 1. The Hall–Kier alpha value is -2.50. The molecule has 0 radical (unpaired) electrons. The molecule has 11 heteroatoms. The molecular weight excluding hydrogens is 459 g/mol. The van der Waals surface area contributed by atoms with E-state index in [0.717, 1.165) is 11.1 Å². The summed E-state index contributed by atoms with van der Waals surface area (Å²) in [6.45, 7) is 3.78. The van der Waals surface area contributed by atoms with Crippen LogP contribution in [0.15, 0.2) is 42.6 Å². The zero-order chi connectivity index (χ0) is 24.6. The Morgan fingerprint density at radius 2 is 1.76 bits per heavy atom. The van der Waals surface area contributed by atoms with Gasteiger partial charge in [0.05, 0.1) is 30.8 Å². The van der Waals surface area contributed by atoms with Crippen LogP contribution < -0.4 is 10.0 Å². The molecule has 0 saturated heterocycles. The molecule has 33 heavy (non-hydrogen) atoms. The van der Waals surface area contributed by atoms with Gasteiger partial charge >= 0.3 is 6.43 Å². The molecule has 0 aliphatic rings. The van der Waals surface area contributed by atoms with Gasteiger partial charge in [-0.05, 0) is 38.0 Å². The molecule has 1 amide bonds. The van der Waals surface area contributed by atoms with Gasteiger partial charge in [-0.1, -0.05) is 30.3 Å². The summed E-state index contributed by atoms with van der Waals surface area (Å²) >= 11 is 0. The summed E-state index contributed by atoms with van der Waals surface area (Å²) in [4.78, 5) is 15.6. The van der Waals surface area contributed by atoms with Gasteiger partial charge in [-0.2, -0.15) is 8.78 Å². The van der Waals surface area contributed by atoms with E-state index in [1.54, 1.807) is 49.5 Å². The highest BCUT2D eigenvalue weighted by molar-refractivity contribution is 7.89. The molecule has 1 aromatic heterocycles. The van der Waals surface area contributed by atoms with E-state index < -0.39 is 40.9 Å². The van der Waals surface area contributed by atoms with Crippen molar-refractivity contribution in [2.45, 2.75) is 52.0 Å². The van der Waals surface area contributed by atoms with E-state index >= 15 is 0 Å². The summed E-state index contributed by atoms with van der Waals surface area (Å²) in [7, 11) is -3.31. The first-order valence-electron chi connectivity index (χ1n) is 10.3. The molecule has 1 aromatic carbocycles. The van der Waals surface area contributed by atoms with Crippen molar-refractivity contribution >= 4 is 15.9 Å². The number of nitrogens with one attached hydrogen (secondary N) is 2. The number of hydrogen-bond acceptors (Lipinski definition) is 5. The highest BCUT2D eigenvalue weighted by Crippen LogP contribution is 2.29. The number of alkyl halides is 3. The van der Waals surface area contributed by atoms with E-state index in [2.05, 4.69) is 15.0 Å². The lowest BCUT2D eigenvalue weighted by molar-refractivity contribution is -0.148. The van der Waals surface area contributed by atoms with Gasteiger partial charge < -0.3 is 10.1 Å². The van der Waals surface area contributed by atoms with Crippen LogP contribution >= 0.6 is 0 Å². The summed E-state index contributed by atoms with van der Waals surface area (Å²) in [5.41, 5.74) is 1.36. The molecule has 0 spiro atoms. The average molecular weight is 488 g/mol. The van der Waals surface area contributed by atoms with Gasteiger partial charge in [0.2, 0.25) is 10.0 Å². The van der Waals surface area contributed by atoms with Crippen LogP contribution in [0.3, 0.4) is 0 Å². The third-order valence-corrected chi connectivity index (χ3v) is 6.07. The summed E-state index contributed by atoms with van der Waals surface area (Å²) < 4.78 is 69.5. The smallest absolute Gasteiger partial charge is 0.315 e. The molecule has 1 atom stereocenters. The van der Waals surface area contributed by atoms with Crippen LogP contribution in [-0.2, 0) is 26.1 Å². The number of sulfonamides is 1. The molecule has 1 heterocycles. The predicted molar refractivity (Wildman–Crippen MR) is 119 cm³/mol. The van der Waals surface area contributed by atoms with Gasteiger partial charge in [-0.3, -0.25) is 14.2 Å². The lowest BCUT2D eigenvalue weighted by atomic mass is 10.0. The van der Waals surface area contributed by atoms with Crippen molar-refractivity contribution in [3.63, 3.8) is 0 Å². The van der Waals surface area contributed by atoms with Crippen LogP contribution in [0, 0.1) is 0 Å². The van der Waals surface area contributed by atoms with Gasteiger partial charge in [-0.15, -0.1) is 0 Å². The quantitative estimate of drug-likeness (QED) is 0.445. The molecule has 182 valence electrons. The van der Waals surface area contributed by atoms with Crippen LogP contribution in [0.5, 0.6) is 0 Å². The number of ether oxygens (including phenoxy) is 1. The summed E-state index contributed by atoms with van der Waals surface area (Å²) in [5.74, 6) is -1.48. The minimum absolute atomic E-state index is 0.0136. The SMILES string of the molecule is CCS(=O)(=O)NCc1ccc(-c2ccc(C(CCF)OC(C)(C)NC(=O)C(F)F)cc2)cn1. The van der Waals surface area contributed by atoms with Crippen molar-refractivity contribution in [3.05, 3.63) is 53.9 Å². The lowest BCUT2D eigenvalue weighted by Crippen LogP contribution is -2.48. The van der Waals surface area contributed by atoms with E-state index in [0.29, 0.717) is 11.3 Å². The zero-order valence-electron chi connectivity index (χ0n) is 18.6. The molecule has 0 saturated carbocycles. The minimum atomic E-state index is -3.31. The number of pyridine rings is 1. The van der Waals surface area contributed by atoms with Gasteiger partial charge in [-0.25, -0.2) is 13.1 Å². The van der Waals surface area contributed by atoms with E-state index in [1.165, 1.54) is 13.8 Å². The molecule has 2 N–H and O–H groups in total. The first-order valence-corrected chi connectivity index (χ1v) is 12.0. The molecule has 1 unspecified atom stereocenters. The van der Waals surface area contributed by atoms with Crippen LogP contribution in [0.4, 0.5) is 13.2 Å². The Bertz CT molecular complexity index is 1010. The van der Waals surface area contributed by atoms with E-state index in [4.69, 9.17) is 4.74 Å². The average Bonchev–Trinajstić information content (AvgIpc) is 2.77. The number of rotatable bonds is 12.